The molecule has 0 fully saturated rings. The highest BCUT2D eigenvalue weighted by atomic mass is 16.5. The molecule has 1 aliphatic heterocycles. The number of pyridine rings is 1. The summed E-state index contributed by atoms with van der Waals surface area (Å²) < 4.78 is 11.6. The highest BCUT2D eigenvalue weighted by Crippen LogP contribution is 2.35. The number of allylic oxidation sites excluding steroid dienone is 1. The Hall–Kier alpha value is -2.43. The van der Waals surface area contributed by atoms with Crippen LogP contribution in [0.15, 0.2) is 36.4 Å². The molecule has 1 N–H and O–H groups in total. The minimum atomic E-state index is -0.181. The zero-order valence-electron chi connectivity index (χ0n) is 22.2. The fourth-order valence-corrected chi connectivity index (χ4v) is 4.89. The maximum Gasteiger partial charge on any atom is 0.183 e. The van der Waals surface area contributed by atoms with Gasteiger partial charge in [0.15, 0.2) is 5.88 Å². The number of rotatable bonds is 12. The van der Waals surface area contributed by atoms with E-state index in [1.54, 1.807) is 7.11 Å². The standard InChI is InChI=1S/C29H45N3O2/c1-7-13-23(31-27(8-2)34-29(3,4)5)15-10-9-11-18-32-19-12-14-22-21-30-26-17-16-24(33-6)20-25(26)28(22)32/h8,16-17,20-21,23,31H,7,9-15,18-19H2,1-6H3/b27-8+. The van der Waals surface area contributed by atoms with Gasteiger partial charge in [-0.05, 0) is 89.6 Å². The molecule has 188 valence electrons. The highest BCUT2D eigenvalue weighted by Gasteiger charge is 2.21. The van der Waals surface area contributed by atoms with Crippen LogP contribution in [0.5, 0.6) is 5.75 Å². The summed E-state index contributed by atoms with van der Waals surface area (Å²) in [6.45, 7) is 12.8. The van der Waals surface area contributed by atoms with E-state index in [1.165, 1.54) is 61.6 Å². The van der Waals surface area contributed by atoms with Crippen LogP contribution >= 0.6 is 0 Å². The maximum atomic E-state index is 6.08. The number of unbranched alkanes of at least 4 members (excludes halogenated alkanes) is 2. The summed E-state index contributed by atoms with van der Waals surface area (Å²) >= 11 is 0. The Kier molecular flexibility index (Phi) is 9.49. The first kappa shape index (κ1) is 26.2. The summed E-state index contributed by atoms with van der Waals surface area (Å²) in [5.41, 5.74) is 3.62. The van der Waals surface area contributed by atoms with Crippen molar-refractivity contribution in [2.24, 2.45) is 0 Å². The Morgan fingerprint density at radius 1 is 1.21 bits per heavy atom. The predicted octanol–water partition coefficient (Wildman–Crippen LogP) is 6.99. The van der Waals surface area contributed by atoms with Crippen LogP contribution in [0.2, 0.25) is 0 Å². The number of nitrogens with one attached hydrogen (secondary N) is 1. The van der Waals surface area contributed by atoms with Crippen molar-refractivity contribution in [2.75, 3.05) is 25.1 Å². The molecule has 0 radical (unpaired) electrons. The Bertz CT molecular complexity index is 943. The second-order valence-electron chi connectivity index (χ2n) is 10.5. The van der Waals surface area contributed by atoms with Gasteiger partial charge in [-0.2, -0.15) is 0 Å². The fraction of sp³-hybridized carbons (Fsp3) is 0.621. The molecule has 0 aliphatic carbocycles. The molecule has 0 saturated heterocycles. The summed E-state index contributed by atoms with van der Waals surface area (Å²) in [5, 5.41) is 4.88. The molecule has 5 heteroatoms. The summed E-state index contributed by atoms with van der Waals surface area (Å²) in [5.74, 6) is 1.81. The van der Waals surface area contributed by atoms with Crippen LogP contribution in [0.4, 0.5) is 5.69 Å². The van der Waals surface area contributed by atoms with Gasteiger partial charge in [-0.3, -0.25) is 4.98 Å². The van der Waals surface area contributed by atoms with Gasteiger partial charge in [0.25, 0.3) is 0 Å². The number of anilines is 1. The summed E-state index contributed by atoms with van der Waals surface area (Å²) in [6, 6.07) is 6.70. The van der Waals surface area contributed by atoms with Gasteiger partial charge >= 0.3 is 0 Å². The van der Waals surface area contributed by atoms with Crippen molar-refractivity contribution in [1.29, 1.82) is 0 Å². The summed E-state index contributed by atoms with van der Waals surface area (Å²) in [7, 11) is 1.73. The van der Waals surface area contributed by atoms with Gasteiger partial charge in [0.2, 0.25) is 0 Å². The van der Waals surface area contributed by atoms with E-state index in [9.17, 15) is 0 Å². The van der Waals surface area contributed by atoms with E-state index < -0.39 is 0 Å². The van der Waals surface area contributed by atoms with Gasteiger partial charge in [0, 0.05) is 30.7 Å². The number of ether oxygens (including phenoxy) is 2. The molecule has 1 aliphatic rings. The van der Waals surface area contributed by atoms with Crippen molar-refractivity contribution in [1.82, 2.24) is 10.3 Å². The quantitative estimate of drug-likeness (QED) is 0.269. The normalized spacial score (nSPS) is 15.2. The molecule has 2 aromatic rings. The second kappa shape index (κ2) is 12.3. The van der Waals surface area contributed by atoms with Crippen LogP contribution in [-0.4, -0.2) is 36.8 Å². The molecule has 3 rings (SSSR count). The van der Waals surface area contributed by atoms with Gasteiger partial charge in [0.05, 0.1) is 18.3 Å². The van der Waals surface area contributed by atoms with Gasteiger partial charge in [-0.25, -0.2) is 0 Å². The first-order valence-corrected chi connectivity index (χ1v) is 13.2. The molecule has 2 heterocycles. The average Bonchev–Trinajstić information content (AvgIpc) is 2.81. The van der Waals surface area contributed by atoms with Crippen LogP contribution in [-0.2, 0) is 11.2 Å². The number of hydrogen-bond acceptors (Lipinski definition) is 5. The summed E-state index contributed by atoms with van der Waals surface area (Å²) in [6.07, 6.45) is 13.7. The lowest BCUT2D eigenvalue weighted by Gasteiger charge is -2.32. The first-order valence-electron chi connectivity index (χ1n) is 13.2. The van der Waals surface area contributed by atoms with E-state index >= 15 is 0 Å². The number of nitrogens with zero attached hydrogens (tertiary/aromatic N) is 2. The van der Waals surface area contributed by atoms with Crippen molar-refractivity contribution in [3.63, 3.8) is 0 Å². The van der Waals surface area contributed by atoms with E-state index in [4.69, 9.17) is 14.5 Å². The topological polar surface area (TPSA) is 46.6 Å². The van der Waals surface area contributed by atoms with Crippen molar-refractivity contribution in [3.05, 3.63) is 41.9 Å². The molecular weight excluding hydrogens is 422 g/mol. The molecule has 5 nitrogen and oxygen atoms in total. The molecular formula is C29H45N3O2. The Morgan fingerprint density at radius 2 is 2.03 bits per heavy atom. The monoisotopic (exact) mass is 467 g/mol. The van der Waals surface area contributed by atoms with E-state index in [-0.39, 0.29) is 5.60 Å². The third kappa shape index (κ3) is 7.28. The van der Waals surface area contributed by atoms with Gasteiger partial charge in [-0.15, -0.1) is 0 Å². The molecule has 1 atom stereocenters. The minimum absolute atomic E-state index is 0.181. The number of fused-ring (bicyclic) bond motifs is 3. The van der Waals surface area contributed by atoms with E-state index in [2.05, 4.69) is 62.3 Å². The smallest absolute Gasteiger partial charge is 0.183 e. The highest BCUT2D eigenvalue weighted by molar-refractivity contribution is 5.94. The average molecular weight is 468 g/mol. The SMILES string of the molecule is C/C=C(\NC(CCC)CCCCCN1CCCc2cnc3ccc(OC)cc3c21)OC(C)(C)C. The van der Waals surface area contributed by atoms with Crippen molar-refractivity contribution in [3.8, 4) is 5.75 Å². The third-order valence-electron chi connectivity index (χ3n) is 6.46. The molecule has 1 aromatic heterocycles. The molecule has 0 amide bonds. The molecule has 0 saturated carbocycles. The van der Waals surface area contributed by atoms with Gasteiger partial charge in [-0.1, -0.05) is 26.2 Å². The number of aromatic nitrogens is 1. The Morgan fingerprint density at radius 3 is 2.74 bits per heavy atom. The molecule has 1 aromatic carbocycles. The largest absolute Gasteiger partial charge is 0.497 e. The third-order valence-corrected chi connectivity index (χ3v) is 6.46. The minimum Gasteiger partial charge on any atom is -0.497 e. The molecule has 34 heavy (non-hydrogen) atoms. The van der Waals surface area contributed by atoms with E-state index in [0.717, 1.165) is 36.7 Å². The lowest BCUT2D eigenvalue weighted by Crippen LogP contribution is -2.33. The van der Waals surface area contributed by atoms with Crippen LogP contribution in [0.3, 0.4) is 0 Å². The molecule has 0 spiro atoms. The zero-order valence-corrected chi connectivity index (χ0v) is 22.2. The molecule has 1 unspecified atom stereocenters. The van der Waals surface area contributed by atoms with Crippen LogP contribution in [0, 0.1) is 0 Å². The zero-order chi connectivity index (χ0) is 24.6. The Labute approximate surface area is 206 Å². The number of hydrogen-bond donors (Lipinski definition) is 1. The van der Waals surface area contributed by atoms with Crippen LogP contribution in [0.1, 0.15) is 85.1 Å². The van der Waals surface area contributed by atoms with Crippen molar-refractivity contribution >= 4 is 16.6 Å². The predicted molar refractivity (Wildman–Crippen MR) is 144 cm³/mol. The number of methoxy groups -OCH3 is 1. The molecule has 0 bridgehead atoms. The van der Waals surface area contributed by atoms with Crippen LogP contribution in [0.25, 0.3) is 10.9 Å². The van der Waals surface area contributed by atoms with Gasteiger partial charge < -0.3 is 19.7 Å². The number of benzene rings is 1. The van der Waals surface area contributed by atoms with E-state index in [1.807, 2.05) is 13.0 Å². The maximum absolute atomic E-state index is 6.08. The van der Waals surface area contributed by atoms with E-state index in [0.29, 0.717) is 6.04 Å². The lowest BCUT2D eigenvalue weighted by atomic mass is 9.99. The first-order chi connectivity index (χ1) is 16.3. The second-order valence-corrected chi connectivity index (χ2v) is 10.5. The summed E-state index contributed by atoms with van der Waals surface area (Å²) in [4.78, 5) is 7.28. The number of aryl methyl sites for hydroxylation is 1. The Balaban J connectivity index is 1.55. The van der Waals surface area contributed by atoms with Crippen molar-refractivity contribution < 1.29 is 9.47 Å². The lowest BCUT2D eigenvalue weighted by molar-refractivity contribution is 0.0362. The van der Waals surface area contributed by atoms with Crippen molar-refractivity contribution in [2.45, 2.75) is 97.6 Å². The van der Waals surface area contributed by atoms with Gasteiger partial charge in [0.1, 0.15) is 11.4 Å². The van der Waals surface area contributed by atoms with Crippen LogP contribution < -0.4 is 15.0 Å². The fourth-order valence-electron chi connectivity index (χ4n) is 4.89.